The third kappa shape index (κ3) is 4.63. The second kappa shape index (κ2) is 6.66. The van der Waals surface area contributed by atoms with Gasteiger partial charge in [0.15, 0.2) is 0 Å². The number of nitrogens with one attached hydrogen (secondary N) is 1. The summed E-state index contributed by atoms with van der Waals surface area (Å²) in [5.74, 6) is -0.450. The molecule has 1 aromatic rings. The molecular formula is C15H22FNO2. The summed E-state index contributed by atoms with van der Waals surface area (Å²) < 4.78 is 18.1. The Morgan fingerprint density at radius 3 is 2.68 bits per heavy atom. The molecule has 19 heavy (non-hydrogen) atoms. The van der Waals surface area contributed by atoms with Crippen LogP contribution >= 0.6 is 0 Å². The number of benzene rings is 1. The number of hydrogen-bond acceptors (Lipinski definition) is 3. The number of halogens is 1. The number of carbonyl (C=O) groups excluding carboxylic acids is 1. The highest BCUT2D eigenvalue weighted by atomic mass is 19.1. The topological polar surface area (TPSA) is 38.3 Å². The Bertz CT molecular complexity index is 444. The first-order valence-electron chi connectivity index (χ1n) is 6.54. The number of esters is 1. The van der Waals surface area contributed by atoms with Gasteiger partial charge in [-0.25, -0.2) is 4.39 Å². The Hall–Kier alpha value is -1.42. The minimum Gasteiger partial charge on any atom is -0.465 e. The Morgan fingerprint density at radius 1 is 1.42 bits per heavy atom. The third-order valence-corrected chi connectivity index (χ3v) is 2.99. The van der Waals surface area contributed by atoms with Crippen LogP contribution in [0.15, 0.2) is 18.2 Å². The lowest BCUT2D eigenvalue weighted by Gasteiger charge is -2.23. The molecule has 0 bridgehead atoms. The van der Waals surface area contributed by atoms with Crippen molar-refractivity contribution in [1.82, 2.24) is 5.32 Å². The first-order chi connectivity index (χ1) is 8.86. The molecule has 0 heterocycles. The lowest BCUT2D eigenvalue weighted by Crippen LogP contribution is -2.48. The number of ether oxygens (including phenoxy) is 1. The fourth-order valence-corrected chi connectivity index (χ4v) is 1.77. The molecule has 1 aromatic carbocycles. The summed E-state index contributed by atoms with van der Waals surface area (Å²) in [7, 11) is 0. The van der Waals surface area contributed by atoms with Crippen LogP contribution in [-0.2, 0) is 16.0 Å². The molecule has 0 unspecified atom stereocenters. The van der Waals surface area contributed by atoms with Gasteiger partial charge < -0.3 is 10.1 Å². The molecule has 0 aliphatic heterocycles. The maximum absolute atomic E-state index is 13.1. The molecule has 0 fully saturated rings. The standard InChI is InChI=1S/C15H22FNO2/c1-5-19-14(18)15(3,4)17-9-8-12-6-7-13(16)11(2)10-12/h6-7,10,17H,5,8-9H2,1-4H3. The van der Waals surface area contributed by atoms with E-state index in [2.05, 4.69) is 5.32 Å². The molecule has 3 nitrogen and oxygen atoms in total. The van der Waals surface area contributed by atoms with Crippen LogP contribution in [0.3, 0.4) is 0 Å². The molecule has 0 radical (unpaired) electrons. The zero-order valence-corrected chi connectivity index (χ0v) is 12.0. The quantitative estimate of drug-likeness (QED) is 0.805. The summed E-state index contributed by atoms with van der Waals surface area (Å²) >= 11 is 0. The molecule has 0 saturated heterocycles. The smallest absolute Gasteiger partial charge is 0.325 e. The van der Waals surface area contributed by atoms with Crippen LogP contribution in [0, 0.1) is 12.7 Å². The van der Waals surface area contributed by atoms with E-state index in [1.165, 1.54) is 6.07 Å². The van der Waals surface area contributed by atoms with Gasteiger partial charge in [-0.3, -0.25) is 4.79 Å². The van der Waals surface area contributed by atoms with E-state index in [0.29, 0.717) is 18.7 Å². The Kier molecular flexibility index (Phi) is 5.48. The van der Waals surface area contributed by atoms with Gasteiger partial charge in [0.25, 0.3) is 0 Å². The zero-order chi connectivity index (χ0) is 14.5. The summed E-state index contributed by atoms with van der Waals surface area (Å²) in [6.45, 7) is 8.13. The van der Waals surface area contributed by atoms with Gasteiger partial charge in [-0.1, -0.05) is 12.1 Å². The van der Waals surface area contributed by atoms with E-state index in [1.54, 1.807) is 33.8 Å². The second-order valence-electron chi connectivity index (χ2n) is 5.11. The number of hydrogen-bond donors (Lipinski definition) is 1. The van der Waals surface area contributed by atoms with Gasteiger partial charge in [0.05, 0.1) is 6.61 Å². The Balaban J connectivity index is 2.49. The van der Waals surface area contributed by atoms with Crippen molar-refractivity contribution in [2.24, 2.45) is 0 Å². The van der Waals surface area contributed by atoms with Crippen LogP contribution in [-0.4, -0.2) is 24.7 Å². The maximum atomic E-state index is 13.1. The van der Waals surface area contributed by atoms with Crippen LogP contribution in [0.2, 0.25) is 0 Å². The van der Waals surface area contributed by atoms with E-state index < -0.39 is 5.54 Å². The van der Waals surface area contributed by atoms with Crippen molar-refractivity contribution in [2.45, 2.75) is 39.7 Å². The van der Waals surface area contributed by atoms with Gasteiger partial charge in [-0.05, 0) is 51.3 Å². The predicted molar refractivity (Wildman–Crippen MR) is 73.6 cm³/mol. The summed E-state index contributed by atoms with van der Waals surface area (Å²) in [4.78, 5) is 11.7. The molecule has 1 rings (SSSR count). The number of rotatable bonds is 6. The van der Waals surface area contributed by atoms with Gasteiger partial charge >= 0.3 is 5.97 Å². The first kappa shape index (κ1) is 15.6. The van der Waals surface area contributed by atoms with Crippen molar-refractivity contribution in [3.63, 3.8) is 0 Å². The molecule has 0 amide bonds. The van der Waals surface area contributed by atoms with Crippen molar-refractivity contribution >= 4 is 5.97 Å². The maximum Gasteiger partial charge on any atom is 0.325 e. The largest absolute Gasteiger partial charge is 0.465 e. The SMILES string of the molecule is CCOC(=O)C(C)(C)NCCc1ccc(F)c(C)c1. The molecule has 4 heteroatoms. The Morgan fingerprint density at radius 2 is 2.11 bits per heavy atom. The van der Waals surface area contributed by atoms with Gasteiger partial charge in [-0.2, -0.15) is 0 Å². The fourth-order valence-electron chi connectivity index (χ4n) is 1.77. The summed E-state index contributed by atoms with van der Waals surface area (Å²) in [5, 5.41) is 3.16. The number of carbonyl (C=O) groups is 1. The first-order valence-corrected chi connectivity index (χ1v) is 6.54. The third-order valence-electron chi connectivity index (χ3n) is 2.99. The van der Waals surface area contributed by atoms with E-state index in [0.717, 1.165) is 12.0 Å². The molecule has 0 atom stereocenters. The lowest BCUT2D eigenvalue weighted by atomic mass is 10.0. The normalized spacial score (nSPS) is 11.4. The zero-order valence-electron chi connectivity index (χ0n) is 12.0. The van der Waals surface area contributed by atoms with E-state index in [4.69, 9.17) is 4.74 Å². The highest BCUT2D eigenvalue weighted by molar-refractivity contribution is 5.79. The van der Waals surface area contributed by atoms with E-state index in [9.17, 15) is 9.18 Å². The highest BCUT2D eigenvalue weighted by Crippen LogP contribution is 2.10. The number of aryl methyl sites for hydroxylation is 1. The molecule has 106 valence electrons. The molecule has 1 N–H and O–H groups in total. The minimum atomic E-state index is -0.703. The molecule has 0 aromatic heterocycles. The van der Waals surface area contributed by atoms with E-state index in [-0.39, 0.29) is 11.8 Å². The van der Waals surface area contributed by atoms with E-state index in [1.807, 2.05) is 6.07 Å². The average Bonchev–Trinajstić information content (AvgIpc) is 2.34. The average molecular weight is 267 g/mol. The van der Waals surface area contributed by atoms with Crippen LogP contribution in [0.1, 0.15) is 31.9 Å². The minimum absolute atomic E-state index is 0.191. The van der Waals surface area contributed by atoms with Crippen molar-refractivity contribution in [2.75, 3.05) is 13.2 Å². The van der Waals surface area contributed by atoms with Gasteiger partial charge in [0.2, 0.25) is 0 Å². The molecule has 0 spiro atoms. The fraction of sp³-hybridized carbons (Fsp3) is 0.533. The summed E-state index contributed by atoms with van der Waals surface area (Å²) in [6, 6.07) is 5.07. The highest BCUT2D eigenvalue weighted by Gasteiger charge is 2.27. The lowest BCUT2D eigenvalue weighted by molar-refractivity contribution is -0.149. The second-order valence-corrected chi connectivity index (χ2v) is 5.11. The van der Waals surface area contributed by atoms with Gasteiger partial charge in [-0.15, -0.1) is 0 Å². The van der Waals surface area contributed by atoms with Crippen LogP contribution < -0.4 is 5.32 Å². The van der Waals surface area contributed by atoms with E-state index >= 15 is 0 Å². The molecular weight excluding hydrogens is 245 g/mol. The van der Waals surface area contributed by atoms with Crippen molar-refractivity contribution in [1.29, 1.82) is 0 Å². The van der Waals surface area contributed by atoms with Crippen LogP contribution in [0.4, 0.5) is 4.39 Å². The van der Waals surface area contributed by atoms with Crippen molar-refractivity contribution in [3.8, 4) is 0 Å². The van der Waals surface area contributed by atoms with Gasteiger partial charge in [0, 0.05) is 6.54 Å². The van der Waals surface area contributed by atoms with Gasteiger partial charge in [0.1, 0.15) is 11.4 Å². The van der Waals surface area contributed by atoms with Crippen molar-refractivity contribution < 1.29 is 13.9 Å². The summed E-state index contributed by atoms with van der Waals surface area (Å²) in [6.07, 6.45) is 0.740. The van der Waals surface area contributed by atoms with Crippen LogP contribution in [0.5, 0.6) is 0 Å². The van der Waals surface area contributed by atoms with Crippen molar-refractivity contribution in [3.05, 3.63) is 35.1 Å². The predicted octanol–water partition coefficient (Wildman–Crippen LogP) is 2.61. The van der Waals surface area contributed by atoms with Crippen LogP contribution in [0.25, 0.3) is 0 Å². The molecule has 0 aliphatic rings. The molecule has 0 aliphatic carbocycles. The summed E-state index contributed by atoms with van der Waals surface area (Å²) in [5.41, 5.74) is 0.985. The monoisotopic (exact) mass is 267 g/mol. The Labute approximate surface area is 114 Å². The molecule has 0 saturated carbocycles.